The van der Waals surface area contributed by atoms with Gasteiger partial charge in [-0.2, -0.15) is 0 Å². The second-order valence-corrected chi connectivity index (χ2v) is 5.78. The Labute approximate surface area is 156 Å². The summed E-state index contributed by atoms with van der Waals surface area (Å²) in [6.45, 7) is 0. The summed E-state index contributed by atoms with van der Waals surface area (Å²) >= 11 is 0. The zero-order valence-corrected chi connectivity index (χ0v) is 14.1. The maximum absolute atomic E-state index is 10.9. The van der Waals surface area contributed by atoms with E-state index in [2.05, 4.69) is 15.0 Å². The zero-order valence-electron chi connectivity index (χ0n) is 14.1. The molecule has 2 N–H and O–H groups in total. The van der Waals surface area contributed by atoms with E-state index in [0.717, 1.165) is 0 Å². The van der Waals surface area contributed by atoms with Crippen molar-refractivity contribution in [3.63, 3.8) is 0 Å². The van der Waals surface area contributed by atoms with Crippen LogP contribution in [-0.2, 0) is 0 Å². The van der Waals surface area contributed by atoms with Gasteiger partial charge in [0.1, 0.15) is 12.2 Å². The third kappa shape index (κ3) is 2.76. The minimum atomic E-state index is -0.494. The van der Waals surface area contributed by atoms with Crippen LogP contribution < -0.4 is 5.73 Å². The van der Waals surface area contributed by atoms with Gasteiger partial charge >= 0.3 is 0 Å². The quantitative estimate of drug-likeness (QED) is 0.420. The number of benzene rings is 2. The van der Waals surface area contributed by atoms with Crippen molar-refractivity contribution in [3.8, 4) is 17.1 Å². The predicted octanol–water partition coefficient (Wildman–Crippen LogP) is 2.88. The molecule has 2 aromatic carbocycles. The number of hydrogen-bond donors (Lipinski definition) is 1. The van der Waals surface area contributed by atoms with Gasteiger partial charge in [-0.15, -0.1) is 0 Å². The first-order valence-electron chi connectivity index (χ1n) is 7.94. The molecular formula is C17H11N7O4. The van der Waals surface area contributed by atoms with Crippen LogP contribution in [0.15, 0.2) is 54.9 Å². The van der Waals surface area contributed by atoms with E-state index in [9.17, 15) is 20.2 Å². The van der Waals surface area contributed by atoms with Crippen molar-refractivity contribution >= 4 is 28.4 Å². The Balaban J connectivity index is 1.95. The molecule has 0 saturated heterocycles. The molecule has 2 heterocycles. The molecule has 0 fully saturated rings. The van der Waals surface area contributed by atoms with Gasteiger partial charge in [0.15, 0.2) is 17.0 Å². The number of rotatable bonds is 4. The van der Waals surface area contributed by atoms with Crippen LogP contribution in [0.25, 0.3) is 28.2 Å². The van der Waals surface area contributed by atoms with Crippen LogP contribution in [0.1, 0.15) is 0 Å². The zero-order chi connectivity index (χ0) is 19.8. The van der Waals surface area contributed by atoms with Gasteiger partial charge in [0.05, 0.1) is 9.85 Å². The Morgan fingerprint density at radius 2 is 1.43 bits per heavy atom. The van der Waals surface area contributed by atoms with E-state index in [1.54, 1.807) is 28.8 Å². The number of imidazole rings is 1. The highest BCUT2D eigenvalue weighted by Gasteiger charge is 2.19. The lowest BCUT2D eigenvalue weighted by atomic mass is 10.2. The van der Waals surface area contributed by atoms with Gasteiger partial charge < -0.3 is 5.73 Å². The Morgan fingerprint density at radius 3 is 2.00 bits per heavy atom. The Bertz CT molecular complexity index is 1220. The molecule has 0 radical (unpaired) electrons. The molecular weight excluding hydrogens is 366 g/mol. The van der Waals surface area contributed by atoms with Crippen molar-refractivity contribution in [2.45, 2.75) is 0 Å². The summed E-state index contributed by atoms with van der Waals surface area (Å²) in [5, 5.41) is 21.8. The number of nitro groups is 2. The molecule has 0 aliphatic heterocycles. The maximum Gasteiger partial charge on any atom is 0.269 e. The summed E-state index contributed by atoms with van der Waals surface area (Å²) in [7, 11) is 0. The lowest BCUT2D eigenvalue weighted by molar-refractivity contribution is -0.385. The fourth-order valence-electron chi connectivity index (χ4n) is 2.80. The highest BCUT2D eigenvalue weighted by molar-refractivity contribution is 5.87. The van der Waals surface area contributed by atoms with Crippen molar-refractivity contribution in [2.75, 3.05) is 5.73 Å². The second-order valence-electron chi connectivity index (χ2n) is 5.78. The first-order chi connectivity index (χ1) is 13.5. The van der Waals surface area contributed by atoms with Crippen LogP contribution >= 0.6 is 0 Å². The van der Waals surface area contributed by atoms with E-state index in [1.165, 1.54) is 30.6 Å². The van der Waals surface area contributed by atoms with Crippen molar-refractivity contribution in [1.82, 2.24) is 19.5 Å². The van der Waals surface area contributed by atoms with E-state index >= 15 is 0 Å². The van der Waals surface area contributed by atoms with Crippen LogP contribution in [0.3, 0.4) is 0 Å². The normalized spacial score (nSPS) is 10.9. The molecule has 0 amide bonds. The lowest BCUT2D eigenvalue weighted by Crippen LogP contribution is -2.00. The molecule has 0 spiro atoms. The average molecular weight is 377 g/mol. The van der Waals surface area contributed by atoms with Crippen LogP contribution in [0, 0.1) is 20.2 Å². The number of aromatic nitrogens is 4. The van der Waals surface area contributed by atoms with Gasteiger partial charge in [0.2, 0.25) is 0 Å². The van der Waals surface area contributed by atoms with Gasteiger partial charge in [0.25, 0.3) is 11.4 Å². The standard InChI is InChI=1S/C17H11N7O4/c18-15-14-17(20-9-19-15)22(11-5-7-13(8-6-11)24(27)28)16(21-14)10-1-3-12(4-2-10)23(25)26/h1-9H,(H2,18,19,20). The summed E-state index contributed by atoms with van der Waals surface area (Å²) in [6, 6.07) is 11.7. The SMILES string of the molecule is Nc1ncnc2c1nc(-c1ccc([N+](=O)[O-])cc1)n2-c1ccc([N+](=O)[O-])cc1. The Morgan fingerprint density at radius 1 is 0.857 bits per heavy atom. The van der Waals surface area contributed by atoms with Crippen LogP contribution in [0.5, 0.6) is 0 Å². The fraction of sp³-hybridized carbons (Fsp3) is 0. The van der Waals surface area contributed by atoms with E-state index in [-0.39, 0.29) is 17.2 Å². The van der Waals surface area contributed by atoms with Gasteiger partial charge in [-0.25, -0.2) is 15.0 Å². The third-order valence-corrected chi connectivity index (χ3v) is 4.13. The molecule has 0 aliphatic carbocycles. The topological polar surface area (TPSA) is 156 Å². The molecule has 2 aromatic heterocycles. The summed E-state index contributed by atoms with van der Waals surface area (Å²) in [5.74, 6) is 0.597. The first kappa shape index (κ1) is 17.0. The summed E-state index contributed by atoms with van der Waals surface area (Å²) in [6.07, 6.45) is 1.29. The highest BCUT2D eigenvalue weighted by atomic mass is 16.6. The fourth-order valence-corrected chi connectivity index (χ4v) is 2.80. The van der Waals surface area contributed by atoms with Crippen LogP contribution in [0.4, 0.5) is 17.2 Å². The van der Waals surface area contributed by atoms with E-state index in [0.29, 0.717) is 28.2 Å². The monoisotopic (exact) mass is 377 g/mol. The van der Waals surface area contributed by atoms with E-state index < -0.39 is 9.85 Å². The second kappa shape index (κ2) is 6.39. The van der Waals surface area contributed by atoms with Crippen molar-refractivity contribution in [2.24, 2.45) is 0 Å². The molecule has 4 rings (SSSR count). The van der Waals surface area contributed by atoms with Gasteiger partial charge in [-0.3, -0.25) is 24.8 Å². The van der Waals surface area contributed by atoms with Crippen molar-refractivity contribution in [1.29, 1.82) is 0 Å². The largest absolute Gasteiger partial charge is 0.382 e. The number of hydrogen-bond acceptors (Lipinski definition) is 8. The van der Waals surface area contributed by atoms with Crippen molar-refractivity contribution < 1.29 is 9.85 Å². The number of non-ortho nitro benzene ring substituents is 2. The van der Waals surface area contributed by atoms with Gasteiger partial charge in [0, 0.05) is 35.5 Å². The summed E-state index contributed by atoms with van der Waals surface area (Å²) in [5.41, 5.74) is 7.73. The molecule has 0 aliphatic rings. The third-order valence-electron chi connectivity index (χ3n) is 4.13. The number of nitro benzene ring substituents is 2. The number of nitrogens with two attached hydrogens (primary N) is 1. The summed E-state index contributed by atoms with van der Waals surface area (Å²) < 4.78 is 1.66. The number of nitrogen functional groups attached to an aromatic ring is 1. The molecule has 0 bridgehead atoms. The van der Waals surface area contributed by atoms with Gasteiger partial charge in [-0.05, 0) is 24.3 Å². The molecule has 0 atom stereocenters. The molecule has 4 aromatic rings. The Kier molecular flexibility index (Phi) is 3.89. The summed E-state index contributed by atoms with van der Waals surface area (Å²) in [4.78, 5) is 33.5. The Hall–Kier alpha value is -4.41. The minimum Gasteiger partial charge on any atom is -0.382 e. The molecule has 0 saturated carbocycles. The number of fused-ring (bicyclic) bond motifs is 1. The smallest absolute Gasteiger partial charge is 0.269 e. The van der Waals surface area contributed by atoms with Crippen LogP contribution in [-0.4, -0.2) is 29.4 Å². The molecule has 28 heavy (non-hydrogen) atoms. The first-order valence-corrected chi connectivity index (χ1v) is 7.94. The van der Waals surface area contributed by atoms with E-state index in [4.69, 9.17) is 5.73 Å². The van der Waals surface area contributed by atoms with Gasteiger partial charge in [-0.1, -0.05) is 0 Å². The van der Waals surface area contributed by atoms with E-state index in [1.807, 2.05) is 0 Å². The lowest BCUT2D eigenvalue weighted by Gasteiger charge is -2.08. The number of anilines is 1. The van der Waals surface area contributed by atoms with Crippen molar-refractivity contribution in [3.05, 3.63) is 75.1 Å². The van der Waals surface area contributed by atoms with Crippen LogP contribution in [0.2, 0.25) is 0 Å². The number of nitrogens with zero attached hydrogens (tertiary/aromatic N) is 6. The average Bonchev–Trinajstić information content (AvgIpc) is 3.09. The predicted molar refractivity (Wildman–Crippen MR) is 99.8 cm³/mol. The minimum absolute atomic E-state index is 0.0546. The maximum atomic E-state index is 10.9. The molecule has 0 unspecified atom stereocenters. The highest BCUT2D eigenvalue weighted by Crippen LogP contribution is 2.30. The molecule has 11 nitrogen and oxygen atoms in total. The molecule has 11 heteroatoms. The molecule has 138 valence electrons.